The lowest BCUT2D eigenvalue weighted by atomic mass is 10.0. The number of anilines is 1. The number of aromatic nitrogens is 1. The van der Waals surface area contributed by atoms with Crippen molar-refractivity contribution in [2.24, 2.45) is 0 Å². The zero-order valence-electron chi connectivity index (χ0n) is 11.8. The molecule has 0 unspecified atom stereocenters. The van der Waals surface area contributed by atoms with Gasteiger partial charge < -0.3 is 10.5 Å². The number of halogens is 6. The van der Waals surface area contributed by atoms with Crippen molar-refractivity contribution in [2.75, 3.05) is 12.8 Å². The Morgan fingerprint density at radius 2 is 1.88 bits per heavy atom. The van der Waals surface area contributed by atoms with E-state index in [0.717, 1.165) is 13.2 Å². The molecule has 0 radical (unpaired) electrons. The molecule has 0 saturated carbocycles. The molecule has 1 aromatic heterocycles. The number of nitrogens with two attached hydrogens (primary N) is 1. The van der Waals surface area contributed by atoms with E-state index in [2.05, 4.69) is 9.72 Å². The van der Waals surface area contributed by atoms with Crippen LogP contribution >= 0.6 is 11.6 Å². The lowest BCUT2D eigenvalue weighted by Gasteiger charge is -2.12. The number of alkyl halides is 2. The van der Waals surface area contributed by atoms with Gasteiger partial charge in [-0.1, -0.05) is 11.6 Å². The molecule has 0 fully saturated rings. The van der Waals surface area contributed by atoms with E-state index in [0.29, 0.717) is 0 Å². The fourth-order valence-corrected chi connectivity index (χ4v) is 2.12. The Morgan fingerprint density at radius 3 is 2.42 bits per heavy atom. The van der Waals surface area contributed by atoms with Crippen LogP contribution in [0.3, 0.4) is 0 Å². The van der Waals surface area contributed by atoms with Crippen molar-refractivity contribution in [1.29, 1.82) is 0 Å². The lowest BCUT2D eigenvalue weighted by Crippen LogP contribution is -2.10. The fourth-order valence-electron chi connectivity index (χ4n) is 1.95. The maximum atomic E-state index is 14.2. The molecule has 4 nitrogen and oxygen atoms in total. The number of pyridine rings is 1. The van der Waals surface area contributed by atoms with Gasteiger partial charge in [0.05, 0.1) is 34.6 Å². The Balaban J connectivity index is 2.80. The van der Waals surface area contributed by atoms with E-state index in [9.17, 15) is 26.7 Å². The largest absolute Gasteiger partial charge is 0.464 e. The number of hydrogen-bond donors (Lipinski definition) is 1. The Labute approximate surface area is 137 Å². The van der Waals surface area contributed by atoms with Gasteiger partial charge in [0, 0.05) is 6.07 Å². The maximum Gasteiger partial charge on any atom is 0.358 e. The van der Waals surface area contributed by atoms with Crippen molar-refractivity contribution < 1.29 is 31.5 Å². The van der Waals surface area contributed by atoms with Crippen LogP contribution < -0.4 is 5.73 Å². The van der Waals surface area contributed by atoms with Crippen molar-refractivity contribution >= 4 is 23.3 Å². The molecule has 128 valence electrons. The summed E-state index contributed by atoms with van der Waals surface area (Å²) < 4.78 is 71.4. The Hall–Kier alpha value is -2.42. The summed E-state index contributed by atoms with van der Waals surface area (Å²) in [5, 5.41) is -0.345. The molecule has 24 heavy (non-hydrogen) atoms. The van der Waals surface area contributed by atoms with E-state index < -0.39 is 52.4 Å². The minimum Gasteiger partial charge on any atom is -0.464 e. The molecule has 0 bridgehead atoms. The van der Waals surface area contributed by atoms with Gasteiger partial charge in [-0.2, -0.15) is 0 Å². The molecule has 0 amide bonds. The second-order valence-electron chi connectivity index (χ2n) is 4.49. The normalized spacial score (nSPS) is 11.0. The van der Waals surface area contributed by atoms with Crippen molar-refractivity contribution in [3.63, 3.8) is 0 Å². The summed E-state index contributed by atoms with van der Waals surface area (Å²) in [6, 6.07) is 0.952. The van der Waals surface area contributed by atoms with Gasteiger partial charge in [0.2, 0.25) is 0 Å². The van der Waals surface area contributed by atoms with Crippen molar-refractivity contribution in [3.8, 4) is 11.3 Å². The van der Waals surface area contributed by atoms with Crippen molar-refractivity contribution in [2.45, 2.75) is 6.43 Å². The van der Waals surface area contributed by atoms with E-state index >= 15 is 0 Å². The summed E-state index contributed by atoms with van der Waals surface area (Å²) in [5.74, 6) is -6.17. The third-order valence-electron chi connectivity index (χ3n) is 3.04. The van der Waals surface area contributed by atoms with Crippen molar-refractivity contribution in [3.05, 3.63) is 45.9 Å². The first-order valence-electron chi connectivity index (χ1n) is 6.19. The van der Waals surface area contributed by atoms with Gasteiger partial charge >= 0.3 is 5.97 Å². The van der Waals surface area contributed by atoms with Gasteiger partial charge in [0.1, 0.15) is 17.5 Å². The van der Waals surface area contributed by atoms with Crippen LogP contribution in [-0.4, -0.2) is 18.1 Å². The lowest BCUT2D eigenvalue weighted by molar-refractivity contribution is 0.0594. The molecule has 1 heterocycles. The van der Waals surface area contributed by atoms with E-state index in [1.807, 2.05) is 0 Å². The summed E-state index contributed by atoms with van der Waals surface area (Å²) in [7, 11) is 0.997. The number of nitrogens with zero attached hydrogens (tertiary/aromatic N) is 1. The fraction of sp³-hybridized carbons (Fsp3) is 0.143. The van der Waals surface area contributed by atoms with Crippen LogP contribution in [0.2, 0.25) is 5.02 Å². The molecule has 2 N–H and O–H groups in total. The predicted octanol–water partition coefficient (Wildman–Crippen LogP) is 4.13. The molecule has 0 aliphatic carbocycles. The quantitative estimate of drug-likeness (QED) is 0.655. The maximum absolute atomic E-state index is 14.2. The summed E-state index contributed by atoms with van der Waals surface area (Å²) >= 11 is 5.76. The highest BCUT2D eigenvalue weighted by Crippen LogP contribution is 2.36. The number of rotatable bonds is 3. The van der Waals surface area contributed by atoms with Crippen LogP contribution in [0.5, 0.6) is 0 Å². The monoisotopic (exact) mass is 366 g/mol. The molecule has 0 aliphatic rings. The number of ether oxygens (including phenoxy) is 1. The number of carbonyl (C=O) groups is 1. The molecule has 2 rings (SSSR count). The Morgan fingerprint density at radius 1 is 1.25 bits per heavy atom. The second kappa shape index (κ2) is 6.60. The highest BCUT2D eigenvalue weighted by Gasteiger charge is 2.28. The number of hydrogen-bond acceptors (Lipinski definition) is 4. The van der Waals surface area contributed by atoms with Gasteiger partial charge in [-0.25, -0.2) is 31.7 Å². The summed E-state index contributed by atoms with van der Waals surface area (Å²) in [5.41, 5.74) is 1.35. The highest BCUT2D eigenvalue weighted by atomic mass is 35.5. The highest BCUT2D eigenvalue weighted by molar-refractivity contribution is 6.35. The summed E-state index contributed by atoms with van der Waals surface area (Å²) in [4.78, 5) is 15.2. The Bertz CT molecular complexity index is 830. The molecule has 0 aliphatic heterocycles. The summed E-state index contributed by atoms with van der Waals surface area (Å²) in [6.45, 7) is 0. The number of methoxy groups -OCH3 is 1. The number of benzene rings is 1. The van der Waals surface area contributed by atoms with Crippen LogP contribution in [0.15, 0.2) is 12.1 Å². The number of carbonyl (C=O) groups excluding carboxylic acids is 1. The second-order valence-corrected chi connectivity index (χ2v) is 4.87. The van der Waals surface area contributed by atoms with Crippen LogP contribution in [0.1, 0.15) is 22.5 Å². The SMILES string of the molecule is COC(=O)c1nc(-c2c(F)cc(F)c(C(F)F)c2F)cc(N)c1Cl. The minimum atomic E-state index is -3.53. The molecule has 1 aromatic carbocycles. The molecule has 10 heteroatoms. The average Bonchev–Trinajstić information content (AvgIpc) is 2.48. The topological polar surface area (TPSA) is 65.2 Å². The molecule has 0 atom stereocenters. The average molecular weight is 367 g/mol. The first-order valence-corrected chi connectivity index (χ1v) is 6.57. The Kier molecular flexibility index (Phi) is 4.93. The van der Waals surface area contributed by atoms with E-state index in [1.54, 1.807) is 0 Å². The van der Waals surface area contributed by atoms with Gasteiger partial charge in [0.15, 0.2) is 5.69 Å². The van der Waals surface area contributed by atoms with E-state index in [4.69, 9.17) is 17.3 Å². The summed E-state index contributed by atoms with van der Waals surface area (Å²) in [6.07, 6.45) is -3.53. The molecular formula is C14H8ClF5N2O2. The first kappa shape index (κ1) is 17.9. The number of esters is 1. The first-order chi connectivity index (χ1) is 11.2. The zero-order valence-corrected chi connectivity index (χ0v) is 12.6. The molecular weight excluding hydrogens is 359 g/mol. The third-order valence-corrected chi connectivity index (χ3v) is 3.44. The van der Waals surface area contributed by atoms with E-state index in [-0.39, 0.29) is 16.8 Å². The molecule has 2 aromatic rings. The van der Waals surface area contributed by atoms with E-state index in [1.165, 1.54) is 0 Å². The van der Waals surface area contributed by atoms with Crippen LogP contribution in [0.4, 0.5) is 27.6 Å². The van der Waals surface area contributed by atoms with Crippen LogP contribution in [0, 0.1) is 17.5 Å². The molecule has 0 spiro atoms. The van der Waals surface area contributed by atoms with Gasteiger partial charge in [0.25, 0.3) is 6.43 Å². The number of nitrogen functional groups attached to an aromatic ring is 1. The minimum absolute atomic E-state index is 0.0875. The predicted molar refractivity (Wildman–Crippen MR) is 75.3 cm³/mol. The third kappa shape index (κ3) is 2.99. The standard InChI is InChI=1S/C14H8ClF5N2O2/c1-24-14(23)12-10(15)6(21)3-7(22-12)8-4(16)2-5(17)9(11(8)18)13(19)20/h2-3,13H,1H3,(H2,21,22). The van der Waals surface area contributed by atoms with Crippen LogP contribution in [0.25, 0.3) is 11.3 Å². The van der Waals surface area contributed by atoms with Gasteiger partial charge in [-0.15, -0.1) is 0 Å². The molecule has 0 saturated heterocycles. The van der Waals surface area contributed by atoms with Crippen molar-refractivity contribution in [1.82, 2.24) is 4.98 Å². The zero-order chi connectivity index (χ0) is 18.2. The smallest absolute Gasteiger partial charge is 0.358 e. The van der Waals surface area contributed by atoms with Gasteiger partial charge in [-0.05, 0) is 6.07 Å². The van der Waals surface area contributed by atoms with Crippen LogP contribution in [-0.2, 0) is 4.74 Å². The van der Waals surface area contributed by atoms with Gasteiger partial charge in [-0.3, -0.25) is 0 Å².